The molecule has 0 saturated heterocycles. The highest BCUT2D eigenvalue weighted by atomic mass is 16.1. The van der Waals surface area contributed by atoms with Crippen molar-refractivity contribution in [1.82, 2.24) is 15.3 Å². The average molecular weight is 271 g/mol. The number of aromatic nitrogens is 2. The molecule has 1 heterocycles. The first-order valence-corrected chi connectivity index (χ1v) is 7.50. The van der Waals surface area contributed by atoms with Crippen molar-refractivity contribution in [3.63, 3.8) is 0 Å². The smallest absolute Gasteiger partial charge is 0.253 e. The first kappa shape index (κ1) is 13.2. The molecule has 1 aliphatic carbocycles. The van der Waals surface area contributed by atoms with Gasteiger partial charge in [-0.3, -0.25) is 4.79 Å². The number of hydrogen-bond acceptors (Lipinski definition) is 2. The van der Waals surface area contributed by atoms with Crippen molar-refractivity contribution in [3.05, 3.63) is 29.6 Å². The van der Waals surface area contributed by atoms with Crippen molar-refractivity contribution in [3.8, 4) is 0 Å². The molecule has 0 spiro atoms. The van der Waals surface area contributed by atoms with Crippen molar-refractivity contribution >= 4 is 16.9 Å². The average Bonchev–Trinajstić information content (AvgIpc) is 2.64. The molecule has 106 valence electrons. The highest BCUT2D eigenvalue weighted by Crippen LogP contribution is 2.20. The minimum Gasteiger partial charge on any atom is -0.349 e. The Balaban J connectivity index is 1.81. The van der Waals surface area contributed by atoms with E-state index in [2.05, 4.69) is 15.3 Å². The van der Waals surface area contributed by atoms with Crippen LogP contribution >= 0.6 is 0 Å². The zero-order chi connectivity index (χ0) is 13.9. The molecule has 0 bridgehead atoms. The molecule has 0 radical (unpaired) electrons. The second-order valence-electron chi connectivity index (χ2n) is 5.69. The van der Waals surface area contributed by atoms with E-state index < -0.39 is 0 Å². The van der Waals surface area contributed by atoms with Gasteiger partial charge in [0.1, 0.15) is 11.3 Å². The maximum absolute atomic E-state index is 12.5. The molecule has 20 heavy (non-hydrogen) atoms. The van der Waals surface area contributed by atoms with Gasteiger partial charge < -0.3 is 10.3 Å². The fraction of sp³-hybridized carbons (Fsp3) is 0.500. The summed E-state index contributed by atoms with van der Waals surface area (Å²) in [5.74, 6) is 0.851. The monoisotopic (exact) mass is 271 g/mol. The molecule has 1 aliphatic rings. The van der Waals surface area contributed by atoms with Crippen LogP contribution in [0.3, 0.4) is 0 Å². The van der Waals surface area contributed by atoms with E-state index in [1.165, 1.54) is 25.7 Å². The summed E-state index contributed by atoms with van der Waals surface area (Å²) < 4.78 is 0. The summed E-state index contributed by atoms with van der Waals surface area (Å²) in [6.45, 7) is 1.91. The molecule has 1 fully saturated rings. The number of nitrogens with one attached hydrogen (secondary N) is 2. The highest BCUT2D eigenvalue weighted by molar-refractivity contribution is 6.05. The van der Waals surface area contributed by atoms with Crippen LogP contribution in [-0.2, 0) is 0 Å². The summed E-state index contributed by atoms with van der Waals surface area (Å²) in [6.07, 6.45) is 7.22. The molecular weight excluding hydrogens is 250 g/mol. The van der Waals surface area contributed by atoms with Crippen molar-refractivity contribution in [2.24, 2.45) is 0 Å². The summed E-state index contributed by atoms with van der Waals surface area (Å²) >= 11 is 0. The predicted molar refractivity (Wildman–Crippen MR) is 79.8 cm³/mol. The lowest BCUT2D eigenvalue weighted by Gasteiger charge is -2.16. The Kier molecular flexibility index (Phi) is 3.72. The second-order valence-corrected chi connectivity index (χ2v) is 5.69. The van der Waals surface area contributed by atoms with E-state index >= 15 is 0 Å². The number of para-hydroxylation sites is 1. The van der Waals surface area contributed by atoms with Crippen molar-refractivity contribution < 1.29 is 4.79 Å². The lowest BCUT2D eigenvalue weighted by molar-refractivity contribution is 0.0935. The number of fused-ring (bicyclic) bond motifs is 1. The number of aryl methyl sites for hydroxylation is 1. The Labute approximate surface area is 119 Å². The number of hydrogen-bond donors (Lipinski definition) is 2. The van der Waals surface area contributed by atoms with Gasteiger partial charge in [-0.15, -0.1) is 0 Å². The van der Waals surface area contributed by atoms with Gasteiger partial charge in [-0.2, -0.15) is 0 Å². The van der Waals surface area contributed by atoms with Crippen LogP contribution in [0.2, 0.25) is 0 Å². The maximum atomic E-state index is 12.5. The Hall–Kier alpha value is -1.84. The van der Waals surface area contributed by atoms with Crippen LogP contribution in [0.4, 0.5) is 0 Å². The van der Waals surface area contributed by atoms with Gasteiger partial charge in [0, 0.05) is 6.04 Å². The van der Waals surface area contributed by atoms with Crippen molar-refractivity contribution in [2.45, 2.75) is 51.5 Å². The number of nitrogens with zero attached hydrogens (tertiary/aromatic N) is 1. The molecule has 4 heteroatoms. The van der Waals surface area contributed by atoms with E-state index in [1.807, 2.05) is 25.1 Å². The maximum Gasteiger partial charge on any atom is 0.253 e. The van der Waals surface area contributed by atoms with E-state index in [0.29, 0.717) is 11.6 Å². The lowest BCUT2D eigenvalue weighted by Crippen LogP contribution is -2.34. The zero-order valence-electron chi connectivity index (χ0n) is 11.9. The number of carbonyl (C=O) groups excluding carboxylic acids is 1. The number of H-pyrrole nitrogens is 1. The van der Waals surface area contributed by atoms with Crippen LogP contribution in [0.15, 0.2) is 18.2 Å². The van der Waals surface area contributed by atoms with Crippen LogP contribution in [-0.4, -0.2) is 21.9 Å². The fourth-order valence-corrected chi connectivity index (χ4v) is 3.03. The van der Waals surface area contributed by atoms with Gasteiger partial charge in [0.15, 0.2) is 0 Å². The summed E-state index contributed by atoms with van der Waals surface area (Å²) in [6, 6.07) is 6.04. The second kappa shape index (κ2) is 5.65. The van der Waals surface area contributed by atoms with Gasteiger partial charge in [0.2, 0.25) is 0 Å². The third-order valence-electron chi connectivity index (χ3n) is 4.07. The molecule has 1 aromatic heterocycles. The summed E-state index contributed by atoms with van der Waals surface area (Å²) in [5, 5.41) is 3.18. The van der Waals surface area contributed by atoms with Crippen LogP contribution in [0, 0.1) is 6.92 Å². The normalized spacial score (nSPS) is 17.1. The highest BCUT2D eigenvalue weighted by Gasteiger charge is 2.18. The minimum atomic E-state index is 0.00833. The third kappa shape index (κ3) is 2.69. The van der Waals surface area contributed by atoms with Gasteiger partial charge in [-0.25, -0.2) is 4.98 Å². The van der Waals surface area contributed by atoms with Gasteiger partial charge in [-0.05, 0) is 31.9 Å². The predicted octanol–water partition coefficient (Wildman–Crippen LogP) is 3.32. The number of rotatable bonds is 2. The van der Waals surface area contributed by atoms with Gasteiger partial charge in [-0.1, -0.05) is 31.7 Å². The van der Waals surface area contributed by atoms with Crippen LogP contribution in [0.25, 0.3) is 11.0 Å². The van der Waals surface area contributed by atoms with Crippen LogP contribution < -0.4 is 5.32 Å². The summed E-state index contributed by atoms with van der Waals surface area (Å²) in [4.78, 5) is 20.1. The number of imidazole rings is 1. The van der Waals surface area contributed by atoms with E-state index in [0.717, 1.165) is 29.7 Å². The Bertz CT molecular complexity index is 609. The lowest BCUT2D eigenvalue weighted by atomic mass is 10.1. The van der Waals surface area contributed by atoms with Crippen LogP contribution in [0.5, 0.6) is 0 Å². The molecule has 1 amide bonds. The molecule has 0 atom stereocenters. The molecule has 2 N–H and O–H groups in total. The molecule has 1 aromatic carbocycles. The number of amides is 1. The number of aromatic amines is 1. The summed E-state index contributed by atoms with van der Waals surface area (Å²) in [7, 11) is 0. The minimum absolute atomic E-state index is 0.00833. The van der Waals surface area contributed by atoms with Gasteiger partial charge in [0.05, 0.1) is 11.1 Å². The fourth-order valence-electron chi connectivity index (χ4n) is 3.03. The van der Waals surface area contributed by atoms with E-state index in [1.54, 1.807) is 0 Å². The molecule has 1 saturated carbocycles. The Morgan fingerprint density at radius 3 is 2.75 bits per heavy atom. The quantitative estimate of drug-likeness (QED) is 0.823. The van der Waals surface area contributed by atoms with Crippen molar-refractivity contribution in [1.29, 1.82) is 0 Å². The molecule has 0 unspecified atom stereocenters. The van der Waals surface area contributed by atoms with E-state index in [-0.39, 0.29) is 5.91 Å². The Morgan fingerprint density at radius 2 is 2.00 bits per heavy atom. The SMILES string of the molecule is Cc1nc2c(C(=O)NC3CCCCCC3)cccc2[nH]1. The number of carbonyl (C=O) groups is 1. The summed E-state index contributed by atoms with van der Waals surface area (Å²) in [5.41, 5.74) is 2.38. The molecular formula is C16H21N3O. The topological polar surface area (TPSA) is 57.8 Å². The standard InChI is InChI=1S/C16H21N3O/c1-11-17-14-10-6-9-13(15(14)18-11)16(20)19-12-7-4-2-3-5-8-12/h6,9-10,12H,2-5,7-8H2,1H3,(H,17,18)(H,19,20). The first-order chi connectivity index (χ1) is 9.74. The zero-order valence-corrected chi connectivity index (χ0v) is 11.9. The van der Waals surface area contributed by atoms with Crippen molar-refractivity contribution in [2.75, 3.05) is 0 Å². The van der Waals surface area contributed by atoms with E-state index in [9.17, 15) is 4.79 Å². The van der Waals surface area contributed by atoms with E-state index in [4.69, 9.17) is 0 Å². The largest absolute Gasteiger partial charge is 0.349 e. The van der Waals surface area contributed by atoms with Gasteiger partial charge >= 0.3 is 0 Å². The molecule has 0 aliphatic heterocycles. The molecule has 2 aromatic rings. The number of benzene rings is 1. The Morgan fingerprint density at radius 1 is 1.25 bits per heavy atom. The molecule has 3 rings (SSSR count). The molecule has 4 nitrogen and oxygen atoms in total. The van der Waals surface area contributed by atoms with Gasteiger partial charge in [0.25, 0.3) is 5.91 Å². The third-order valence-corrected chi connectivity index (χ3v) is 4.07. The van der Waals surface area contributed by atoms with Crippen LogP contribution in [0.1, 0.15) is 54.7 Å². The first-order valence-electron chi connectivity index (χ1n) is 7.50.